The second-order valence-electron chi connectivity index (χ2n) is 4.78. The van der Waals surface area contributed by atoms with Gasteiger partial charge in [-0.3, -0.25) is 0 Å². The first-order chi connectivity index (χ1) is 9.74. The van der Waals surface area contributed by atoms with E-state index in [1.54, 1.807) is 18.2 Å². The zero-order valence-electron chi connectivity index (χ0n) is 10.8. The third-order valence-corrected chi connectivity index (χ3v) is 3.41. The van der Waals surface area contributed by atoms with Crippen LogP contribution in [0.4, 0.5) is 4.39 Å². The number of benzene rings is 1. The molecule has 0 aromatic heterocycles. The van der Waals surface area contributed by atoms with Gasteiger partial charge in [-0.1, -0.05) is 18.2 Å². The van der Waals surface area contributed by atoms with Gasteiger partial charge in [0, 0.05) is 24.7 Å². The van der Waals surface area contributed by atoms with Crippen molar-refractivity contribution in [2.75, 3.05) is 13.2 Å². The molecule has 0 saturated carbocycles. The Labute approximate surface area is 115 Å². The highest BCUT2D eigenvalue weighted by atomic mass is 19.1. The minimum Gasteiger partial charge on any atom is -0.406 e. The number of cyclic esters (lactones) is 1. The summed E-state index contributed by atoms with van der Waals surface area (Å²) in [5.41, 5.74) is 0.480. The number of carbonyl (C=O) groups is 1. The monoisotopic (exact) mass is 275 g/mol. The molecule has 1 aromatic rings. The van der Waals surface area contributed by atoms with Crippen LogP contribution in [-0.4, -0.2) is 25.1 Å². The zero-order chi connectivity index (χ0) is 13.9. The molecule has 20 heavy (non-hydrogen) atoms. The summed E-state index contributed by atoms with van der Waals surface area (Å²) in [6.45, 7) is 1.29. The van der Waals surface area contributed by atoms with Gasteiger partial charge >= 0.3 is 5.97 Å². The van der Waals surface area contributed by atoms with Gasteiger partial charge in [0.25, 0.3) is 0 Å². The number of aliphatic imine (C=N–C) groups is 1. The summed E-state index contributed by atoms with van der Waals surface area (Å²) in [6.07, 6.45) is 3.00. The molecule has 0 aliphatic carbocycles. The third-order valence-electron chi connectivity index (χ3n) is 3.41. The van der Waals surface area contributed by atoms with Crippen molar-refractivity contribution < 1.29 is 18.7 Å². The average Bonchev–Trinajstić information content (AvgIpc) is 2.84. The topological polar surface area (TPSA) is 47.9 Å². The Kier molecular flexibility index (Phi) is 3.60. The Morgan fingerprint density at radius 1 is 1.25 bits per heavy atom. The third kappa shape index (κ3) is 2.63. The summed E-state index contributed by atoms with van der Waals surface area (Å²) in [6, 6.07) is 6.24. The largest absolute Gasteiger partial charge is 0.406 e. The molecular weight excluding hydrogens is 261 g/mol. The SMILES string of the molecule is O=C1OC(C2CCOCC2)=N/C1=C\c1ccccc1F. The van der Waals surface area contributed by atoms with Gasteiger partial charge in [0.1, 0.15) is 5.82 Å². The van der Waals surface area contributed by atoms with Crippen LogP contribution in [0.1, 0.15) is 18.4 Å². The predicted octanol–water partition coefficient (Wildman–Crippen LogP) is 2.55. The Morgan fingerprint density at radius 2 is 2.00 bits per heavy atom. The number of halogens is 1. The minimum atomic E-state index is -0.519. The van der Waals surface area contributed by atoms with Crippen molar-refractivity contribution in [1.29, 1.82) is 0 Å². The van der Waals surface area contributed by atoms with Gasteiger partial charge in [-0.05, 0) is 25.0 Å². The van der Waals surface area contributed by atoms with Crippen LogP contribution in [0.25, 0.3) is 6.08 Å². The molecule has 0 radical (unpaired) electrons. The van der Waals surface area contributed by atoms with Crippen LogP contribution in [0.15, 0.2) is 35.0 Å². The van der Waals surface area contributed by atoms with Crippen molar-refractivity contribution in [3.63, 3.8) is 0 Å². The molecule has 2 aliphatic heterocycles. The number of hydrogen-bond acceptors (Lipinski definition) is 4. The zero-order valence-corrected chi connectivity index (χ0v) is 10.8. The summed E-state index contributed by atoms with van der Waals surface area (Å²) in [4.78, 5) is 16.0. The van der Waals surface area contributed by atoms with Gasteiger partial charge in [0.15, 0.2) is 5.70 Å². The highest BCUT2D eigenvalue weighted by Gasteiger charge is 2.30. The van der Waals surface area contributed by atoms with E-state index < -0.39 is 5.97 Å². The fraction of sp³-hybridized carbons (Fsp3) is 0.333. The van der Waals surface area contributed by atoms with Crippen LogP contribution in [0.3, 0.4) is 0 Å². The number of esters is 1. The van der Waals surface area contributed by atoms with Crippen LogP contribution >= 0.6 is 0 Å². The second kappa shape index (κ2) is 5.54. The van der Waals surface area contributed by atoms with Crippen molar-refractivity contribution >= 4 is 17.9 Å². The molecular formula is C15H14FNO3. The first kappa shape index (κ1) is 13.0. The molecule has 0 amide bonds. The number of carbonyl (C=O) groups excluding carboxylic acids is 1. The van der Waals surface area contributed by atoms with Gasteiger partial charge < -0.3 is 9.47 Å². The smallest absolute Gasteiger partial charge is 0.363 e. The van der Waals surface area contributed by atoms with E-state index in [1.165, 1.54) is 12.1 Å². The van der Waals surface area contributed by atoms with E-state index in [0.29, 0.717) is 24.7 Å². The first-order valence-electron chi connectivity index (χ1n) is 6.59. The lowest BCUT2D eigenvalue weighted by atomic mass is 10.0. The van der Waals surface area contributed by atoms with Crippen molar-refractivity contribution in [3.05, 3.63) is 41.3 Å². The number of nitrogens with zero attached hydrogens (tertiary/aromatic N) is 1. The molecule has 1 fully saturated rings. The van der Waals surface area contributed by atoms with E-state index in [1.807, 2.05) is 0 Å². The average molecular weight is 275 g/mol. The first-order valence-corrected chi connectivity index (χ1v) is 6.59. The lowest BCUT2D eigenvalue weighted by Gasteiger charge is -2.20. The molecule has 0 atom stereocenters. The van der Waals surface area contributed by atoms with Crippen LogP contribution in [0, 0.1) is 11.7 Å². The van der Waals surface area contributed by atoms with Gasteiger partial charge in [0.2, 0.25) is 5.90 Å². The molecule has 1 saturated heterocycles. The summed E-state index contributed by atoms with van der Waals surface area (Å²) in [5, 5.41) is 0. The van der Waals surface area contributed by atoms with Crippen LogP contribution < -0.4 is 0 Å². The lowest BCUT2D eigenvalue weighted by Crippen LogP contribution is -2.24. The Hall–Kier alpha value is -2.01. The quantitative estimate of drug-likeness (QED) is 0.615. The predicted molar refractivity (Wildman–Crippen MR) is 71.4 cm³/mol. The van der Waals surface area contributed by atoms with Gasteiger partial charge in [-0.15, -0.1) is 0 Å². The Balaban J connectivity index is 1.85. The van der Waals surface area contributed by atoms with Gasteiger partial charge in [-0.2, -0.15) is 0 Å². The van der Waals surface area contributed by atoms with E-state index in [0.717, 1.165) is 12.8 Å². The maximum absolute atomic E-state index is 13.6. The molecule has 3 rings (SSSR count). The van der Waals surface area contributed by atoms with Crippen LogP contribution in [0.5, 0.6) is 0 Å². The Morgan fingerprint density at radius 3 is 2.75 bits per heavy atom. The fourth-order valence-corrected chi connectivity index (χ4v) is 2.28. The molecule has 0 N–H and O–H groups in total. The normalized spacial score (nSPS) is 21.9. The number of ether oxygens (including phenoxy) is 2. The van der Waals surface area contributed by atoms with E-state index in [4.69, 9.17) is 9.47 Å². The summed E-state index contributed by atoms with van der Waals surface area (Å²) < 4.78 is 24.0. The second-order valence-corrected chi connectivity index (χ2v) is 4.78. The van der Waals surface area contributed by atoms with Crippen LogP contribution in [0.2, 0.25) is 0 Å². The number of rotatable bonds is 2. The van der Waals surface area contributed by atoms with Crippen molar-refractivity contribution in [1.82, 2.24) is 0 Å². The fourth-order valence-electron chi connectivity index (χ4n) is 2.28. The molecule has 104 valence electrons. The summed E-state index contributed by atoms with van der Waals surface area (Å²) in [5.74, 6) is -0.364. The van der Waals surface area contributed by atoms with Crippen molar-refractivity contribution in [2.24, 2.45) is 10.9 Å². The van der Waals surface area contributed by atoms with Crippen molar-refractivity contribution in [2.45, 2.75) is 12.8 Å². The maximum Gasteiger partial charge on any atom is 0.363 e. The lowest BCUT2D eigenvalue weighted by molar-refractivity contribution is -0.130. The highest BCUT2D eigenvalue weighted by molar-refractivity contribution is 6.07. The minimum absolute atomic E-state index is 0.110. The molecule has 1 aromatic carbocycles. The number of hydrogen-bond donors (Lipinski definition) is 0. The van der Waals surface area contributed by atoms with Crippen LogP contribution in [-0.2, 0) is 14.3 Å². The van der Waals surface area contributed by atoms with E-state index in [9.17, 15) is 9.18 Å². The summed E-state index contributed by atoms with van der Waals surface area (Å²) >= 11 is 0. The standard InChI is InChI=1S/C15H14FNO3/c16-12-4-2-1-3-11(12)9-13-15(18)20-14(17-13)10-5-7-19-8-6-10/h1-4,9-10H,5-8H2/b13-9-. The summed E-state index contributed by atoms with van der Waals surface area (Å²) in [7, 11) is 0. The molecule has 0 spiro atoms. The molecule has 2 aliphatic rings. The maximum atomic E-state index is 13.6. The molecule has 0 unspecified atom stereocenters. The van der Waals surface area contributed by atoms with E-state index in [-0.39, 0.29) is 17.4 Å². The molecule has 5 heteroatoms. The Bertz CT molecular complexity index is 589. The molecule has 4 nitrogen and oxygen atoms in total. The molecule has 2 heterocycles. The van der Waals surface area contributed by atoms with Crippen molar-refractivity contribution in [3.8, 4) is 0 Å². The molecule has 0 bridgehead atoms. The van der Waals surface area contributed by atoms with Gasteiger partial charge in [-0.25, -0.2) is 14.2 Å². The van der Waals surface area contributed by atoms with Gasteiger partial charge in [0.05, 0.1) is 0 Å². The van der Waals surface area contributed by atoms with E-state index in [2.05, 4.69) is 4.99 Å². The van der Waals surface area contributed by atoms with E-state index >= 15 is 0 Å². The highest BCUT2D eigenvalue weighted by Crippen LogP contribution is 2.25.